The van der Waals surface area contributed by atoms with Gasteiger partial charge in [-0.25, -0.2) is 9.37 Å². The van der Waals surface area contributed by atoms with E-state index in [2.05, 4.69) is 10.3 Å². The lowest BCUT2D eigenvalue weighted by atomic mass is 10.1. The van der Waals surface area contributed by atoms with Gasteiger partial charge in [0.05, 0.1) is 12.1 Å². The van der Waals surface area contributed by atoms with Gasteiger partial charge in [-0.15, -0.1) is 11.3 Å². The second kappa shape index (κ2) is 6.71. The summed E-state index contributed by atoms with van der Waals surface area (Å²) in [4.78, 5) is 16.5. The Bertz CT molecular complexity index is 810. The van der Waals surface area contributed by atoms with Crippen LogP contribution in [0.4, 0.5) is 9.52 Å². The molecule has 3 rings (SSSR count). The standard InChI is InChI=1S/C18H15FN2OS/c1-12-2-6-14(7-3-12)16-11-23-18(20-16)21-17(22)10-13-4-8-15(19)9-5-13/h2-9,11H,10H2,1H3,(H,20,21,22). The predicted molar refractivity (Wildman–Crippen MR) is 91.0 cm³/mol. The Labute approximate surface area is 137 Å². The van der Waals surface area contributed by atoms with E-state index in [0.717, 1.165) is 16.8 Å². The molecule has 1 amide bonds. The largest absolute Gasteiger partial charge is 0.302 e. The first-order chi connectivity index (χ1) is 11.1. The van der Waals surface area contributed by atoms with E-state index in [1.807, 2.05) is 36.6 Å². The van der Waals surface area contributed by atoms with Gasteiger partial charge in [0.1, 0.15) is 5.82 Å². The Kier molecular flexibility index (Phi) is 4.48. The van der Waals surface area contributed by atoms with Crippen LogP contribution in [0.1, 0.15) is 11.1 Å². The zero-order valence-electron chi connectivity index (χ0n) is 12.5. The fourth-order valence-corrected chi connectivity index (χ4v) is 2.88. The molecule has 0 saturated heterocycles. The molecule has 0 saturated carbocycles. The molecule has 0 aliphatic heterocycles. The van der Waals surface area contributed by atoms with E-state index in [4.69, 9.17) is 0 Å². The molecule has 1 aromatic heterocycles. The highest BCUT2D eigenvalue weighted by atomic mass is 32.1. The van der Waals surface area contributed by atoms with Crippen molar-refractivity contribution in [1.82, 2.24) is 4.98 Å². The van der Waals surface area contributed by atoms with Gasteiger partial charge < -0.3 is 5.32 Å². The maximum Gasteiger partial charge on any atom is 0.230 e. The number of amides is 1. The summed E-state index contributed by atoms with van der Waals surface area (Å²) >= 11 is 1.39. The summed E-state index contributed by atoms with van der Waals surface area (Å²) < 4.78 is 12.9. The molecular formula is C18H15FN2OS. The molecule has 0 atom stereocenters. The first-order valence-corrected chi connectivity index (χ1v) is 8.05. The molecule has 0 aliphatic rings. The van der Waals surface area contributed by atoms with E-state index in [-0.39, 0.29) is 18.1 Å². The summed E-state index contributed by atoms with van der Waals surface area (Å²) in [7, 11) is 0. The summed E-state index contributed by atoms with van der Waals surface area (Å²) in [6.45, 7) is 2.03. The molecule has 5 heteroatoms. The summed E-state index contributed by atoms with van der Waals surface area (Å²) in [6.07, 6.45) is 0.194. The van der Waals surface area contributed by atoms with E-state index in [0.29, 0.717) is 5.13 Å². The fraction of sp³-hybridized carbons (Fsp3) is 0.111. The summed E-state index contributed by atoms with van der Waals surface area (Å²) in [5.41, 5.74) is 3.81. The first-order valence-electron chi connectivity index (χ1n) is 7.17. The minimum absolute atomic E-state index is 0.165. The number of aromatic nitrogens is 1. The molecule has 1 N–H and O–H groups in total. The number of carbonyl (C=O) groups is 1. The van der Waals surface area contributed by atoms with E-state index in [9.17, 15) is 9.18 Å². The van der Waals surface area contributed by atoms with Crippen molar-refractivity contribution in [2.45, 2.75) is 13.3 Å². The Morgan fingerprint density at radius 3 is 2.52 bits per heavy atom. The molecule has 2 aromatic carbocycles. The Balaban J connectivity index is 1.65. The lowest BCUT2D eigenvalue weighted by Crippen LogP contribution is -2.14. The Morgan fingerprint density at radius 1 is 1.13 bits per heavy atom. The maximum absolute atomic E-state index is 12.9. The van der Waals surface area contributed by atoms with Gasteiger partial charge in [-0.1, -0.05) is 42.0 Å². The van der Waals surface area contributed by atoms with Gasteiger partial charge in [0.2, 0.25) is 5.91 Å². The molecule has 23 heavy (non-hydrogen) atoms. The van der Waals surface area contributed by atoms with E-state index in [1.54, 1.807) is 12.1 Å². The van der Waals surface area contributed by atoms with Gasteiger partial charge in [-0.2, -0.15) is 0 Å². The molecule has 0 aliphatic carbocycles. The van der Waals surface area contributed by atoms with Crippen LogP contribution in [0.5, 0.6) is 0 Å². The van der Waals surface area contributed by atoms with Crippen molar-refractivity contribution in [2.75, 3.05) is 5.32 Å². The summed E-state index contributed by atoms with van der Waals surface area (Å²) in [5, 5.41) is 5.26. The third-order valence-corrected chi connectivity index (χ3v) is 4.13. The molecule has 0 spiro atoms. The maximum atomic E-state index is 12.9. The number of anilines is 1. The molecule has 0 radical (unpaired) electrons. The quantitative estimate of drug-likeness (QED) is 0.770. The second-order valence-electron chi connectivity index (χ2n) is 5.26. The van der Waals surface area contributed by atoms with E-state index >= 15 is 0 Å². The highest BCUT2D eigenvalue weighted by molar-refractivity contribution is 7.14. The minimum Gasteiger partial charge on any atom is -0.302 e. The molecule has 0 unspecified atom stereocenters. The third-order valence-electron chi connectivity index (χ3n) is 3.38. The van der Waals surface area contributed by atoms with Gasteiger partial charge in [0.15, 0.2) is 5.13 Å². The van der Waals surface area contributed by atoms with Crippen molar-refractivity contribution in [3.63, 3.8) is 0 Å². The van der Waals surface area contributed by atoms with Crippen LogP contribution in [0.2, 0.25) is 0 Å². The van der Waals surface area contributed by atoms with E-state index < -0.39 is 0 Å². The van der Waals surface area contributed by atoms with Gasteiger partial charge >= 0.3 is 0 Å². The lowest BCUT2D eigenvalue weighted by Gasteiger charge is -2.02. The van der Waals surface area contributed by atoms with Gasteiger partial charge in [-0.05, 0) is 24.6 Å². The van der Waals surface area contributed by atoms with Crippen molar-refractivity contribution < 1.29 is 9.18 Å². The number of thiazole rings is 1. The van der Waals surface area contributed by atoms with Crippen molar-refractivity contribution in [3.05, 3.63) is 70.9 Å². The first kappa shape index (κ1) is 15.4. The molecule has 116 valence electrons. The number of nitrogens with one attached hydrogen (secondary N) is 1. The van der Waals surface area contributed by atoms with Crippen LogP contribution < -0.4 is 5.32 Å². The summed E-state index contributed by atoms with van der Waals surface area (Å²) in [6, 6.07) is 14.0. The Hall–Kier alpha value is -2.53. The zero-order chi connectivity index (χ0) is 16.2. The van der Waals surface area contributed by atoms with Crippen LogP contribution in [0, 0.1) is 12.7 Å². The predicted octanol–water partition coefficient (Wildman–Crippen LogP) is 4.44. The number of halogens is 1. The number of hydrogen-bond acceptors (Lipinski definition) is 3. The number of benzene rings is 2. The number of rotatable bonds is 4. The molecule has 3 nitrogen and oxygen atoms in total. The Morgan fingerprint density at radius 2 is 1.83 bits per heavy atom. The number of aryl methyl sites for hydroxylation is 1. The van der Waals surface area contributed by atoms with Crippen LogP contribution in [-0.2, 0) is 11.2 Å². The molecule has 0 bridgehead atoms. The molecule has 3 aromatic rings. The van der Waals surface area contributed by atoms with Crippen LogP contribution in [0.15, 0.2) is 53.9 Å². The third kappa shape index (κ3) is 4.02. The monoisotopic (exact) mass is 326 g/mol. The topological polar surface area (TPSA) is 42.0 Å². The normalized spacial score (nSPS) is 10.5. The van der Waals surface area contributed by atoms with Crippen molar-refractivity contribution in [1.29, 1.82) is 0 Å². The molecular weight excluding hydrogens is 311 g/mol. The SMILES string of the molecule is Cc1ccc(-c2csc(NC(=O)Cc3ccc(F)cc3)n2)cc1. The average Bonchev–Trinajstić information content (AvgIpc) is 2.98. The van der Waals surface area contributed by atoms with Gasteiger partial charge in [-0.3, -0.25) is 4.79 Å². The van der Waals surface area contributed by atoms with Crippen molar-refractivity contribution >= 4 is 22.4 Å². The van der Waals surface area contributed by atoms with E-state index in [1.165, 1.54) is 29.0 Å². The lowest BCUT2D eigenvalue weighted by molar-refractivity contribution is -0.115. The highest BCUT2D eigenvalue weighted by Crippen LogP contribution is 2.25. The zero-order valence-corrected chi connectivity index (χ0v) is 13.4. The van der Waals surface area contributed by atoms with Crippen LogP contribution in [-0.4, -0.2) is 10.9 Å². The number of hydrogen-bond donors (Lipinski definition) is 1. The van der Waals surface area contributed by atoms with Crippen LogP contribution >= 0.6 is 11.3 Å². The van der Waals surface area contributed by atoms with Crippen LogP contribution in [0.3, 0.4) is 0 Å². The minimum atomic E-state index is -0.308. The van der Waals surface area contributed by atoms with Crippen molar-refractivity contribution in [2.24, 2.45) is 0 Å². The van der Waals surface area contributed by atoms with Crippen LogP contribution in [0.25, 0.3) is 11.3 Å². The molecule has 1 heterocycles. The highest BCUT2D eigenvalue weighted by Gasteiger charge is 2.09. The van der Waals surface area contributed by atoms with Crippen molar-refractivity contribution in [3.8, 4) is 11.3 Å². The number of nitrogens with zero attached hydrogens (tertiary/aromatic N) is 1. The second-order valence-corrected chi connectivity index (χ2v) is 6.11. The average molecular weight is 326 g/mol. The smallest absolute Gasteiger partial charge is 0.230 e. The van der Waals surface area contributed by atoms with Gasteiger partial charge in [0, 0.05) is 10.9 Å². The fourth-order valence-electron chi connectivity index (χ4n) is 2.14. The number of carbonyl (C=O) groups excluding carboxylic acids is 1. The summed E-state index contributed by atoms with van der Waals surface area (Å²) in [5.74, 6) is -0.474. The molecule has 0 fully saturated rings. The van der Waals surface area contributed by atoms with Gasteiger partial charge in [0.25, 0.3) is 0 Å².